The number of carboxylic acids is 1. The molecule has 0 aromatic heterocycles. The number of ether oxygens (including phenoxy) is 1. The molecular weight excluding hydrogens is 348 g/mol. The van der Waals surface area contributed by atoms with E-state index in [1.165, 1.54) is 30.6 Å². The van der Waals surface area contributed by atoms with Crippen LogP contribution in [0.15, 0.2) is 0 Å². The van der Waals surface area contributed by atoms with E-state index in [0.29, 0.717) is 31.3 Å². The van der Waals surface area contributed by atoms with Crippen molar-refractivity contribution >= 4 is 17.8 Å². The molecule has 0 aromatic carbocycles. The standard InChI is InChI=1S/C20H32N2O5/c1-3-27-20(26)15(9-8-13-6-4-5-7-13)21-12(2)18(23)22-16-10-14(16)11-17(22)19(24)25/h12-17,21H,3-11H2,1-2H3,(H,24,25)/t12-,14?,15?,16?,17?/m0/s1. The highest BCUT2D eigenvalue weighted by Gasteiger charge is 2.56. The van der Waals surface area contributed by atoms with Crippen molar-refractivity contribution in [1.82, 2.24) is 10.2 Å². The number of aliphatic carboxylic acids is 1. The number of hydrogen-bond acceptors (Lipinski definition) is 5. The summed E-state index contributed by atoms with van der Waals surface area (Å²) < 4.78 is 5.19. The number of rotatable bonds is 9. The lowest BCUT2D eigenvalue weighted by molar-refractivity contribution is -0.151. The molecule has 0 bridgehead atoms. The Bertz CT molecular complexity index is 575. The molecule has 1 heterocycles. The predicted molar refractivity (Wildman–Crippen MR) is 99.0 cm³/mol. The van der Waals surface area contributed by atoms with E-state index < -0.39 is 24.1 Å². The zero-order valence-electron chi connectivity index (χ0n) is 16.4. The molecule has 5 atom stereocenters. The van der Waals surface area contributed by atoms with Gasteiger partial charge in [-0.05, 0) is 51.4 Å². The molecule has 4 unspecified atom stereocenters. The van der Waals surface area contributed by atoms with E-state index in [9.17, 15) is 19.5 Å². The van der Waals surface area contributed by atoms with Gasteiger partial charge in [-0.15, -0.1) is 0 Å². The third kappa shape index (κ3) is 4.62. The highest BCUT2D eigenvalue weighted by molar-refractivity contribution is 5.89. The summed E-state index contributed by atoms with van der Waals surface area (Å²) in [5.41, 5.74) is 0. The fraction of sp³-hybridized carbons (Fsp3) is 0.850. The van der Waals surface area contributed by atoms with Crippen molar-refractivity contribution in [3.8, 4) is 0 Å². The second-order valence-electron chi connectivity index (χ2n) is 8.32. The number of nitrogens with zero attached hydrogens (tertiary/aromatic N) is 1. The van der Waals surface area contributed by atoms with E-state index in [1.54, 1.807) is 13.8 Å². The van der Waals surface area contributed by atoms with E-state index in [2.05, 4.69) is 5.32 Å². The minimum absolute atomic E-state index is 0.0578. The Balaban J connectivity index is 1.60. The minimum atomic E-state index is -0.939. The van der Waals surface area contributed by atoms with Gasteiger partial charge in [0.1, 0.15) is 12.1 Å². The number of carbonyl (C=O) groups excluding carboxylic acids is 2. The van der Waals surface area contributed by atoms with Gasteiger partial charge in [0.15, 0.2) is 0 Å². The van der Waals surface area contributed by atoms with Crippen molar-refractivity contribution in [2.75, 3.05) is 6.61 Å². The van der Waals surface area contributed by atoms with E-state index in [1.807, 2.05) is 0 Å². The van der Waals surface area contributed by atoms with Gasteiger partial charge in [-0.2, -0.15) is 0 Å². The van der Waals surface area contributed by atoms with Crippen molar-refractivity contribution in [3.05, 3.63) is 0 Å². The Kier molecular flexibility index (Phi) is 6.40. The van der Waals surface area contributed by atoms with Crippen LogP contribution in [0.2, 0.25) is 0 Å². The lowest BCUT2D eigenvalue weighted by atomic mass is 9.98. The van der Waals surface area contributed by atoms with Gasteiger partial charge < -0.3 is 14.7 Å². The quantitative estimate of drug-likeness (QED) is 0.594. The fourth-order valence-electron chi connectivity index (χ4n) is 4.80. The van der Waals surface area contributed by atoms with Gasteiger partial charge in [-0.1, -0.05) is 25.7 Å². The van der Waals surface area contributed by atoms with Crippen LogP contribution < -0.4 is 5.32 Å². The van der Waals surface area contributed by atoms with Gasteiger partial charge >= 0.3 is 11.9 Å². The van der Waals surface area contributed by atoms with Crippen LogP contribution in [0.1, 0.15) is 65.2 Å². The SMILES string of the molecule is CCOC(=O)C(CCC1CCCC1)N[C@@H](C)C(=O)N1C(C(=O)O)CC2CC21. The van der Waals surface area contributed by atoms with Crippen LogP contribution in [0.5, 0.6) is 0 Å². The average molecular weight is 380 g/mol. The fourth-order valence-corrected chi connectivity index (χ4v) is 4.80. The second-order valence-corrected chi connectivity index (χ2v) is 8.32. The summed E-state index contributed by atoms with van der Waals surface area (Å²) in [7, 11) is 0. The molecule has 7 heteroatoms. The zero-order chi connectivity index (χ0) is 19.6. The van der Waals surface area contributed by atoms with Crippen LogP contribution >= 0.6 is 0 Å². The Morgan fingerprint density at radius 2 is 1.93 bits per heavy atom. The van der Waals surface area contributed by atoms with Gasteiger partial charge in [-0.25, -0.2) is 4.79 Å². The lowest BCUT2D eigenvalue weighted by Gasteiger charge is -2.29. The summed E-state index contributed by atoms with van der Waals surface area (Å²) in [4.78, 5) is 38.3. The number of amides is 1. The highest BCUT2D eigenvalue weighted by Crippen LogP contribution is 2.48. The Morgan fingerprint density at radius 1 is 1.22 bits per heavy atom. The van der Waals surface area contributed by atoms with Gasteiger partial charge in [0.05, 0.1) is 12.6 Å². The molecule has 0 spiro atoms. The van der Waals surface area contributed by atoms with E-state index in [4.69, 9.17) is 4.74 Å². The topological polar surface area (TPSA) is 95.9 Å². The van der Waals surface area contributed by atoms with Gasteiger partial charge in [0.2, 0.25) is 5.91 Å². The van der Waals surface area contributed by atoms with Crippen LogP contribution in [0, 0.1) is 11.8 Å². The van der Waals surface area contributed by atoms with Crippen LogP contribution in [-0.2, 0) is 19.1 Å². The molecule has 1 saturated heterocycles. The molecule has 1 amide bonds. The number of nitrogens with one attached hydrogen (secondary N) is 1. The number of carbonyl (C=O) groups is 3. The first kappa shape index (κ1) is 20.1. The molecule has 152 valence electrons. The third-order valence-corrected chi connectivity index (χ3v) is 6.37. The molecule has 2 saturated carbocycles. The molecule has 3 fully saturated rings. The molecule has 7 nitrogen and oxygen atoms in total. The maximum atomic E-state index is 12.9. The number of fused-ring (bicyclic) bond motifs is 1. The van der Waals surface area contributed by atoms with Crippen LogP contribution in [0.3, 0.4) is 0 Å². The highest BCUT2D eigenvalue weighted by atomic mass is 16.5. The Labute approximate surface area is 160 Å². The zero-order valence-corrected chi connectivity index (χ0v) is 16.4. The summed E-state index contributed by atoms with van der Waals surface area (Å²) in [5, 5.41) is 12.6. The first-order valence-corrected chi connectivity index (χ1v) is 10.4. The minimum Gasteiger partial charge on any atom is -0.480 e. The molecule has 0 aromatic rings. The first-order chi connectivity index (χ1) is 12.9. The van der Waals surface area contributed by atoms with Crippen molar-refractivity contribution in [2.24, 2.45) is 11.8 Å². The maximum absolute atomic E-state index is 12.9. The molecule has 1 aliphatic heterocycles. The largest absolute Gasteiger partial charge is 0.480 e. The second kappa shape index (κ2) is 8.59. The summed E-state index contributed by atoms with van der Waals surface area (Å²) in [6.45, 7) is 3.80. The Hall–Kier alpha value is -1.63. The molecule has 0 radical (unpaired) electrons. The molecule has 3 aliphatic rings. The van der Waals surface area contributed by atoms with E-state index in [0.717, 1.165) is 12.8 Å². The van der Waals surface area contributed by atoms with E-state index in [-0.39, 0.29) is 17.9 Å². The number of piperidine rings is 1. The molecule has 3 rings (SSSR count). The summed E-state index contributed by atoms with van der Waals surface area (Å²) in [5.74, 6) is -0.508. The average Bonchev–Trinajstić information content (AvgIpc) is 3.05. The van der Waals surface area contributed by atoms with Crippen LogP contribution in [0.25, 0.3) is 0 Å². The smallest absolute Gasteiger partial charge is 0.326 e. The Morgan fingerprint density at radius 3 is 2.56 bits per heavy atom. The van der Waals surface area contributed by atoms with Crippen molar-refractivity contribution < 1.29 is 24.2 Å². The van der Waals surface area contributed by atoms with Crippen LogP contribution in [0.4, 0.5) is 0 Å². The van der Waals surface area contributed by atoms with Crippen molar-refractivity contribution in [2.45, 2.75) is 89.4 Å². The lowest BCUT2D eigenvalue weighted by Crippen LogP contribution is -2.54. The van der Waals surface area contributed by atoms with Gasteiger partial charge in [0.25, 0.3) is 0 Å². The van der Waals surface area contributed by atoms with Crippen molar-refractivity contribution in [1.29, 1.82) is 0 Å². The third-order valence-electron chi connectivity index (χ3n) is 6.37. The first-order valence-electron chi connectivity index (χ1n) is 10.4. The maximum Gasteiger partial charge on any atom is 0.326 e. The summed E-state index contributed by atoms with van der Waals surface area (Å²) in [6, 6.07) is -1.80. The predicted octanol–water partition coefficient (Wildman–Crippen LogP) is 1.94. The van der Waals surface area contributed by atoms with E-state index >= 15 is 0 Å². The molecule has 2 aliphatic carbocycles. The number of carboxylic acid groups (broad SMARTS) is 1. The molecular formula is C20H32N2O5. The van der Waals surface area contributed by atoms with Crippen LogP contribution in [-0.4, -0.2) is 58.6 Å². The normalized spacial score (nSPS) is 29.3. The number of esters is 1. The molecule has 27 heavy (non-hydrogen) atoms. The number of hydrogen-bond donors (Lipinski definition) is 2. The van der Waals surface area contributed by atoms with Gasteiger partial charge in [0, 0.05) is 6.04 Å². The van der Waals surface area contributed by atoms with Crippen molar-refractivity contribution in [3.63, 3.8) is 0 Å². The monoisotopic (exact) mass is 380 g/mol. The van der Waals surface area contributed by atoms with Gasteiger partial charge in [-0.3, -0.25) is 14.9 Å². The summed E-state index contributed by atoms with van der Waals surface area (Å²) >= 11 is 0. The number of likely N-dealkylation sites (tertiary alicyclic amines) is 1. The summed E-state index contributed by atoms with van der Waals surface area (Å²) in [6.07, 6.45) is 7.96. The molecule has 2 N–H and O–H groups in total.